The van der Waals surface area contributed by atoms with E-state index >= 15 is 0 Å². The van der Waals surface area contributed by atoms with Crippen molar-refractivity contribution >= 4 is 33.9 Å². The van der Waals surface area contributed by atoms with Crippen LogP contribution in [0.3, 0.4) is 0 Å². The van der Waals surface area contributed by atoms with Crippen LogP contribution < -0.4 is 0 Å². The molecular weight excluding hydrogens is 332 g/mol. The Morgan fingerprint density at radius 3 is 2.57 bits per heavy atom. The first kappa shape index (κ1) is 16.0. The smallest absolute Gasteiger partial charge is 0.354 e. The molecule has 1 aromatic carbocycles. The zero-order chi connectivity index (χ0) is 16.6. The second-order valence-electron chi connectivity index (χ2n) is 5.31. The van der Waals surface area contributed by atoms with Crippen molar-refractivity contribution in [3.63, 3.8) is 0 Å². The summed E-state index contributed by atoms with van der Waals surface area (Å²) >= 11 is 7.54. The number of aryl methyl sites for hydroxylation is 2. The van der Waals surface area contributed by atoms with E-state index in [1.807, 2.05) is 31.2 Å². The van der Waals surface area contributed by atoms with Crippen LogP contribution in [0.5, 0.6) is 0 Å². The third-order valence-corrected chi connectivity index (χ3v) is 5.19. The highest BCUT2D eigenvalue weighted by molar-refractivity contribution is 7.17. The van der Waals surface area contributed by atoms with Crippen molar-refractivity contribution in [2.75, 3.05) is 0 Å². The van der Waals surface area contributed by atoms with Crippen molar-refractivity contribution in [2.45, 2.75) is 33.1 Å². The SMILES string of the molecule is CCCc1nc2sc(CC)c(-c3ccc(Cl)cc3)n2c1C(=O)O. The first-order valence-electron chi connectivity index (χ1n) is 7.59. The molecule has 0 spiro atoms. The minimum absolute atomic E-state index is 0.280. The topological polar surface area (TPSA) is 54.6 Å². The molecule has 0 aliphatic heterocycles. The van der Waals surface area contributed by atoms with Gasteiger partial charge in [-0.15, -0.1) is 11.3 Å². The second-order valence-corrected chi connectivity index (χ2v) is 6.81. The standard InChI is InChI=1S/C17H17ClN2O2S/c1-3-5-12-15(16(21)22)20-14(10-6-8-11(18)9-7-10)13(4-2)23-17(20)19-12/h6-9H,3-5H2,1-2H3,(H,21,22). The number of aromatic nitrogens is 2. The molecule has 0 radical (unpaired) electrons. The molecule has 0 bridgehead atoms. The van der Waals surface area contributed by atoms with Crippen LogP contribution in [0.1, 0.15) is 41.3 Å². The van der Waals surface area contributed by atoms with E-state index in [0.717, 1.165) is 33.9 Å². The van der Waals surface area contributed by atoms with Crippen molar-refractivity contribution in [3.8, 4) is 11.3 Å². The van der Waals surface area contributed by atoms with Gasteiger partial charge in [-0.3, -0.25) is 4.40 Å². The summed E-state index contributed by atoms with van der Waals surface area (Å²) in [6, 6.07) is 7.50. The lowest BCUT2D eigenvalue weighted by Crippen LogP contribution is -2.06. The van der Waals surface area contributed by atoms with Gasteiger partial charge in [0.05, 0.1) is 11.4 Å². The second kappa shape index (κ2) is 6.34. The third kappa shape index (κ3) is 2.75. The largest absolute Gasteiger partial charge is 0.477 e. The van der Waals surface area contributed by atoms with Gasteiger partial charge in [0.25, 0.3) is 0 Å². The van der Waals surface area contributed by atoms with Gasteiger partial charge in [-0.05, 0) is 30.5 Å². The van der Waals surface area contributed by atoms with Gasteiger partial charge in [0.1, 0.15) is 0 Å². The molecular formula is C17H17ClN2O2S. The molecule has 0 aliphatic carbocycles. The number of benzene rings is 1. The Hall–Kier alpha value is -1.85. The lowest BCUT2D eigenvalue weighted by molar-refractivity contribution is 0.0688. The summed E-state index contributed by atoms with van der Waals surface area (Å²) in [6.45, 7) is 4.09. The number of halogens is 1. The van der Waals surface area contributed by atoms with Crippen LogP contribution in [-0.4, -0.2) is 20.5 Å². The summed E-state index contributed by atoms with van der Waals surface area (Å²) in [5.41, 5.74) is 2.81. The highest BCUT2D eigenvalue weighted by Gasteiger charge is 2.24. The monoisotopic (exact) mass is 348 g/mol. The molecule has 23 heavy (non-hydrogen) atoms. The van der Waals surface area contributed by atoms with Gasteiger partial charge < -0.3 is 5.11 Å². The zero-order valence-electron chi connectivity index (χ0n) is 13.0. The van der Waals surface area contributed by atoms with Crippen LogP contribution in [0.25, 0.3) is 16.2 Å². The van der Waals surface area contributed by atoms with Crippen molar-refractivity contribution in [2.24, 2.45) is 0 Å². The number of hydrogen-bond acceptors (Lipinski definition) is 3. The number of fused-ring (bicyclic) bond motifs is 1. The van der Waals surface area contributed by atoms with Crippen LogP contribution in [0.4, 0.5) is 0 Å². The molecule has 0 aliphatic rings. The van der Waals surface area contributed by atoms with Gasteiger partial charge in [-0.2, -0.15) is 0 Å². The predicted octanol–water partition coefficient (Wildman–Crippen LogP) is 4.93. The zero-order valence-corrected chi connectivity index (χ0v) is 14.5. The predicted molar refractivity (Wildman–Crippen MR) is 93.8 cm³/mol. The van der Waals surface area contributed by atoms with Crippen LogP contribution in [0.2, 0.25) is 5.02 Å². The fourth-order valence-electron chi connectivity index (χ4n) is 2.77. The van der Waals surface area contributed by atoms with E-state index in [9.17, 15) is 9.90 Å². The Kier molecular flexibility index (Phi) is 4.41. The molecule has 0 fully saturated rings. The molecule has 4 nitrogen and oxygen atoms in total. The minimum atomic E-state index is -0.934. The van der Waals surface area contributed by atoms with Gasteiger partial charge in [-0.25, -0.2) is 9.78 Å². The first-order valence-corrected chi connectivity index (χ1v) is 8.78. The molecule has 2 aromatic heterocycles. The lowest BCUT2D eigenvalue weighted by atomic mass is 10.1. The molecule has 6 heteroatoms. The first-order chi connectivity index (χ1) is 11.1. The number of aromatic carboxylic acids is 1. The fourth-order valence-corrected chi connectivity index (χ4v) is 4.00. The van der Waals surface area contributed by atoms with Crippen LogP contribution in [0.15, 0.2) is 24.3 Å². The van der Waals surface area contributed by atoms with Crippen LogP contribution in [0, 0.1) is 0 Å². The minimum Gasteiger partial charge on any atom is -0.477 e. The van der Waals surface area contributed by atoms with Crippen molar-refractivity contribution in [1.29, 1.82) is 0 Å². The third-order valence-electron chi connectivity index (χ3n) is 3.75. The molecule has 1 N–H and O–H groups in total. The summed E-state index contributed by atoms with van der Waals surface area (Å²) in [5.74, 6) is -0.934. The number of nitrogens with zero attached hydrogens (tertiary/aromatic N) is 2. The number of carbonyl (C=O) groups is 1. The summed E-state index contributed by atoms with van der Waals surface area (Å²) in [6.07, 6.45) is 2.35. The number of imidazole rings is 1. The molecule has 0 unspecified atom stereocenters. The summed E-state index contributed by atoms with van der Waals surface area (Å²) in [4.78, 5) is 18.3. The maximum atomic E-state index is 11.8. The quantitative estimate of drug-likeness (QED) is 0.711. The summed E-state index contributed by atoms with van der Waals surface area (Å²) < 4.78 is 1.79. The van der Waals surface area contributed by atoms with Gasteiger partial charge >= 0.3 is 5.97 Å². The lowest BCUT2D eigenvalue weighted by Gasteiger charge is -2.06. The van der Waals surface area contributed by atoms with Crippen LogP contribution in [-0.2, 0) is 12.8 Å². The van der Waals surface area contributed by atoms with Crippen LogP contribution >= 0.6 is 22.9 Å². The Morgan fingerprint density at radius 1 is 1.30 bits per heavy atom. The molecule has 2 heterocycles. The van der Waals surface area contributed by atoms with E-state index < -0.39 is 5.97 Å². The van der Waals surface area contributed by atoms with Gasteiger partial charge in [-0.1, -0.05) is 44.0 Å². The van der Waals surface area contributed by atoms with Gasteiger partial charge in [0.2, 0.25) is 0 Å². The van der Waals surface area contributed by atoms with Crippen molar-refractivity contribution < 1.29 is 9.90 Å². The number of carboxylic acids is 1. The number of thiazole rings is 1. The molecule has 0 atom stereocenters. The highest BCUT2D eigenvalue weighted by atomic mass is 35.5. The summed E-state index contributed by atoms with van der Waals surface area (Å²) in [5, 5.41) is 10.4. The van der Waals surface area contributed by atoms with Gasteiger partial charge in [0, 0.05) is 9.90 Å². The Balaban J connectivity index is 2.33. The molecule has 0 amide bonds. The van der Waals surface area contributed by atoms with E-state index in [-0.39, 0.29) is 5.69 Å². The molecule has 3 aromatic rings. The van der Waals surface area contributed by atoms with Crippen molar-refractivity contribution in [1.82, 2.24) is 9.38 Å². The van der Waals surface area contributed by atoms with E-state index in [1.165, 1.54) is 0 Å². The molecule has 120 valence electrons. The Morgan fingerprint density at radius 2 is 2.00 bits per heavy atom. The van der Waals surface area contributed by atoms with E-state index in [1.54, 1.807) is 15.7 Å². The molecule has 3 rings (SSSR count). The molecule has 0 saturated heterocycles. The normalized spacial score (nSPS) is 11.3. The summed E-state index contributed by atoms with van der Waals surface area (Å²) in [7, 11) is 0. The number of rotatable bonds is 5. The molecule has 0 saturated carbocycles. The van der Waals surface area contributed by atoms with E-state index in [2.05, 4.69) is 11.9 Å². The van der Waals surface area contributed by atoms with Crippen molar-refractivity contribution in [3.05, 3.63) is 45.6 Å². The van der Waals surface area contributed by atoms with E-state index in [4.69, 9.17) is 11.6 Å². The average molecular weight is 349 g/mol. The Labute approximate surface area is 143 Å². The maximum Gasteiger partial charge on any atom is 0.354 e. The highest BCUT2D eigenvalue weighted by Crippen LogP contribution is 2.35. The fraction of sp³-hybridized carbons (Fsp3) is 0.294. The number of hydrogen-bond donors (Lipinski definition) is 1. The maximum absolute atomic E-state index is 11.8. The number of carboxylic acid groups (broad SMARTS) is 1. The van der Waals surface area contributed by atoms with Gasteiger partial charge in [0.15, 0.2) is 10.7 Å². The Bertz CT molecular complexity index is 865. The average Bonchev–Trinajstić information content (AvgIpc) is 3.03. The van der Waals surface area contributed by atoms with E-state index in [0.29, 0.717) is 17.1 Å².